The third-order valence-electron chi connectivity index (χ3n) is 4.79. The number of para-hydroxylation sites is 1. The van der Waals surface area contributed by atoms with E-state index in [1.165, 1.54) is 0 Å². The van der Waals surface area contributed by atoms with Crippen molar-refractivity contribution < 1.29 is 4.79 Å². The Balaban J connectivity index is 1.59. The minimum absolute atomic E-state index is 0.0342. The second-order valence-corrected chi connectivity index (χ2v) is 7.38. The summed E-state index contributed by atoms with van der Waals surface area (Å²) in [5.41, 5.74) is 3.37. The Morgan fingerprint density at radius 1 is 0.844 bits per heavy atom. The van der Waals surface area contributed by atoms with Crippen LogP contribution in [0.1, 0.15) is 5.56 Å². The number of amides is 2. The van der Waals surface area contributed by atoms with E-state index in [0.29, 0.717) is 33.2 Å². The van der Waals surface area contributed by atoms with Crippen LogP contribution in [0.5, 0.6) is 0 Å². The van der Waals surface area contributed by atoms with Gasteiger partial charge in [0.1, 0.15) is 11.6 Å². The molecule has 0 bridgehead atoms. The quantitative estimate of drug-likeness (QED) is 0.369. The SMILES string of the molecule is N#Cc1c(-c2ccc(Cl)cc2)cc(-c2ccc(NC(=O)Nc3ccccc3)cc2)[nH]c1=O. The molecule has 1 heterocycles. The number of nitrogens with one attached hydrogen (secondary N) is 3. The molecule has 4 aromatic rings. The number of carbonyl (C=O) groups is 1. The molecular formula is C25H17ClN4O2. The van der Waals surface area contributed by atoms with Crippen LogP contribution in [0.15, 0.2) is 89.7 Å². The molecule has 0 aliphatic rings. The number of halogens is 1. The molecule has 0 fully saturated rings. The van der Waals surface area contributed by atoms with E-state index in [-0.39, 0.29) is 11.6 Å². The molecule has 6 nitrogen and oxygen atoms in total. The van der Waals surface area contributed by atoms with E-state index < -0.39 is 5.56 Å². The largest absolute Gasteiger partial charge is 0.323 e. The van der Waals surface area contributed by atoms with E-state index in [4.69, 9.17) is 11.6 Å². The maximum absolute atomic E-state index is 12.5. The molecule has 0 spiro atoms. The van der Waals surface area contributed by atoms with Crippen molar-refractivity contribution in [2.75, 3.05) is 10.6 Å². The number of H-pyrrole nitrogens is 1. The number of urea groups is 1. The molecule has 3 N–H and O–H groups in total. The van der Waals surface area contributed by atoms with Crippen LogP contribution >= 0.6 is 11.6 Å². The van der Waals surface area contributed by atoms with Crippen molar-refractivity contribution in [3.63, 3.8) is 0 Å². The molecule has 2 amide bonds. The second kappa shape index (κ2) is 9.21. The number of benzene rings is 3. The molecule has 0 aliphatic carbocycles. The molecule has 0 aliphatic heterocycles. The van der Waals surface area contributed by atoms with E-state index in [2.05, 4.69) is 15.6 Å². The number of hydrogen-bond acceptors (Lipinski definition) is 3. The van der Waals surface area contributed by atoms with Crippen molar-refractivity contribution in [1.29, 1.82) is 5.26 Å². The molecule has 0 atom stereocenters. The highest BCUT2D eigenvalue weighted by Crippen LogP contribution is 2.27. The molecule has 4 rings (SSSR count). The Bertz CT molecular complexity index is 1360. The van der Waals surface area contributed by atoms with Gasteiger partial charge in [-0.3, -0.25) is 4.79 Å². The number of rotatable bonds is 4. The van der Waals surface area contributed by atoms with Gasteiger partial charge in [0, 0.05) is 27.7 Å². The Morgan fingerprint density at radius 2 is 1.44 bits per heavy atom. The zero-order valence-electron chi connectivity index (χ0n) is 16.7. The van der Waals surface area contributed by atoms with Crippen LogP contribution in [0.3, 0.4) is 0 Å². The van der Waals surface area contributed by atoms with Crippen molar-refractivity contribution in [3.8, 4) is 28.5 Å². The molecule has 7 heteroatoms. The summed E-state index contributed by atoms with van der Waals surface area (Å²) in [5.74, 6) is 0. The van der Waals surface area contributed by atoms with Crippen molar-refractivity contribution in [2.45, 2.75) is 0 Å². The van der Waals surface area contributed by atoms with Crippen LogP contribution in [0.25, 0.3) is 22.4 Å². The summed E-state index contributed by atoms with van der Waals surface area (Å²) in [7, 11) is 0. The number of aromatic nitrogens is 1. The van der Waals surface area contributed by atoms with Gasteiger partial charge >= 0.3 is 6.03 Å². The van der Waals surface area contributed by atoms with Crippen molar-refractivity contribution in [1.82, 2.24) is 4.98 Å². The molecule has 0 saturated carbocycles. The highest BCUT2D eigenvalue weighted by molar-refractivity contribution is 6.30. The van der Waals surface area contributed by atoms with Crippen molar-refractivity contribution in [2.24, 2.45) is 0 Å². The number of aromatic amines is 1. The number of hydrogen-bond donors (Lipinski definition) is 3. The molecule has 3 aromatic carbocycles. The first kappa shape index (κ1) is 20.9. The number of nitriles is 1. The van der Waals surface area contributed by atoms with E-state index in [1.807, 2.05) is 24.3 Å². The summed E-state index contributed by atoms with van der Waals surface area (Å²) in [6.45, 7) is 0. The van der Waals surface area contributed by atoms with Crippen LogP contribution in [0.2, 0.25) is 5.02 Å². The minimum atomic E-state index is -0.473. The number of anilines is 2. The van der Waals surface area contributed by atoms with Gasteiger partial charge in [0.25, 0.3) is 5.56 Å². The Hall–Kier alpha value is -4.34. The summed E-state index contributed by atoms with van der Waals surface area (Å²) in [4.78, 5) is 27.4. The molecule has 0 unspecified atom stereocenters. The highest BCUT2D eigenvalue weighted by Gasteiger charge is 2.13. The molecular weight excluding hydrogens is 424 g/mol. The summed E-state index contributed by atoms with van der Waals surface area (Å²) < 4.78 is 0. The molecule has 156 valence electrons. The van der Waals surface area contributed by atoms with E-state index in [1.54, 1.807) is 66.7 Å². The van der Waals surface area contributed by atoms with Crippen molar-refractivity contribution >= 4 is 29.0 Å². The average Bonchev–Trinajstić information content (AvgIpc) is 2.80. The van der Waals surface area contributed by atoms with Gasteiger partial charge in [0.2, 0.25) is 0 Å². The summed E-state index contributed by atoms with van der Waals surface area (Å²) in [6, 6.07) is 26.5. The fourth-order valence-electron chi connectivity index (χ4n) is 3.23. The third-order valence-corrected chi connectivity index (χ3v) is 5.04. The van der Waals surface area contributed by atoms with Gasteiger partial charge in [-0.2, -0.15) is 5.26 Å². The molecule has 32 heavy (non-hydrogen) atoms. The van der Waals surface area contributed by atoms with E-state index >= 15 is 0 Å². The summed E-state index contributed by atoms with van der Waals surface area (Å²) in [6.07, 6.45) is 0. The van der Waals surface area contributed by atoms with E-state index in [9.17, 15) is 14.9 Å². The van der Waals surface area contributed by atoms with Crippen LogP contribution < -0.4 is 16.2 Å². The van der Waals surface area contributed by atoms with Crippen molar-refractivity contribution in [3.05, 3.63) is 106 Å². The summed E-state index contributed by atoms with van der Waals surface area (Å²) >= 11 is 5.96. The van der Waals surface area contributed by atoms with Gasteiger partial charge in [0.15, 0.2) is 0 Å². The lowest BCUT2D eigenvalue weighted by atomic mass is 9.99. The van der Waals surface area contributed by atoms with Gasteiger partial charge < -0.3 is 15.6 Å². The standard InChI is InChI=1S/C25H17ClN4O2/c26-18-10-6-16(7-11-18)21-14-23(30-24(31)22(21)15-27)17-8-12-20(13-9-17)29-25(32)28-19-4-2-1-3-5-19/h1-14H,(H,30,31)(H2,28,29,32). The smallest absolute Gasteiger partial charge is 0.321 e. The fraction of sp³-hybridized carbons (Fsp3) is 0. The molecule has 1 aromatic heterocycles. The van der Waals surface area contributed by atoms with Gasteiger partial charge in [-0.15, -0.1) is 0 Å². The van der Waals surface area contributed by atoms with Gasteiger partial charge in [-0.1, -0.05) is 54.1 Å². The zero-order chi connectivity index (χ0) is 22.5. The summed E-state index contributed by atoms with van der Waals surface area (Å²) in [5, 5.41) is 15.5. The van der Waals surface area contributed by atoms with E-state index in [0.717, 1.165) is 5.56 Å². The lowest BCUT2D eigenvalue weighted by Gasteiger charge is -2.10. The monoisotopic (exact) mass is 440 g/mol. The lowest BCUT2D eigenvalue weighted by molar-refractivity contribution is 0.262. The Morgan fingerprint density at radius 3 is 2.06 bits per heavy atom. The van der Waals surface area contributed by atoms with Crippen LogP contribution in [0.4, 0.5) is 16.2 Å². The van der Waals surface area contributed by atoms with Crippen LogP contribution in [-0.4, -0.2) is 11.0 Å². The second-order valence-electron chi connectivity index (χ2n) is 6.94. The maximum atomic E-state index is 12.5. The zero-order valence-corrected chi connectivity index (χ0v) is 17.5. The fourth-order valence-corrected chi connectivity index (χ4v) is 3.36. The van der Waals surface area contributed by atoms with Crippen LogP contribution in [-0.2, 0) is 0 Å². The van der Waals surface area contributed by atoms with Gasteiger partial charge in [0.05, 0.1) is 0 Å². The number of pyridine rings is 1. The predicted molar refractivity (Wildman–Crippen MR) is 127 cm³/mol. The maximum Gasteiger partial charge on any atom is 0.323 e. The van der Waals surface area contributed by atoms with Crippen LogP contribution in [0, 0.1) is 11.3 Å². The molecule has 0 saturated heterocycles. The topological polar surface area (TPSA) is 97.8 Å². The first-order valence-electron chi connectivity index (χ1n) is 9.70. The average molecular weight is 441 g/mol. The Labute approximate surface area is 189 Å². The first-order chi connectivity index (χ1) is 15.5. The normalized spacial score (nSPS) is 10.2. The first-order valence-corrected chi connectivity index (χ1v) is 10.1. The number of carbonyl (C=O) groups excluding carboxylic acids is 1. The lowest BCUT2D eigenvalue weighted by Crippen LogP contribution is -2.19. The minimum Gasteiger partial charge on any atom is -0.321 e. The predicted octanol–water partition coefficient (Wildman–Crippen LogP) is 5.88. The third kappa shape index (κ3) is 4.69. The van der Waals surface area contributed by atoms with Gasteiger partial charge in [-0.25, -0.2) is 4.79 Å². The van der Waals surface area contributed by atoms with Gasteiger partial charge in [-0.05, 0) is 53.6 Å². The highest BCUT2D eigenvalue weighted by atomic mass is 35.5. The molecule has 0 radical (unpaired) electrons. The number of nitrogens with zero attached hydrogens (tertiary/aromatic N) is 1. The Kier molecular flexibility index (Phi) is 6.02.